The molecule has 1 aliphatic carbocycles. The zero-order valence-electron chi connectivity index (χ0n) is 13.8. The number of hydrogen-bond acceptors (Lipinski definition) is 2. The highest BCUT2D eigenvalue weighted by atomic mass is 16.4. The van der Waals surface area contributed by atoms with Gasteiger partial charge in [0, 0.05) is 18.6 Å². The summed E-state index contributed by atoms with van der Waals surface area (Å²) in [4.78, 5) is 25.4. The van der Waals surface area contributed by atoms with Gasteiger partial charge in [-0.3, -0.25) is 4.79 Å². The van der Waals surface area contributed by atoms with E-state index >= 15 is 0 Å². The Bertz CT molecular complexity index is 357. The van der Waals surface area contributed by atoms with Gasteiger partial charge in [0.2, 0.25) is 0 Å². The van der Waals surface area contributed by atoms with E-state index in [9.17, 15) is 9.59 Å². The first-order valence-electron chi connectivity index (χ1n) is 8.04. The molecule has 1 rings (SSSR count). The predicted molar refractivity (Wildman–Crippen MR) is 83.3 cm³/mol. The van der Waals surface area contributed by atoms with Crippen molar-refractivity contribution in [2.24, 2.45) is 5.41 Å². The molecule has 5 nitrogen and oxygen atoms in total. The predicted octanol–water partition coefficient (Wildman–Crippen LogP) is 3.24. The van der Waals surface area contributed by atoms with Gasteiger partial charge in [-0.1, -0.05) is 40.0 Å². The third-order valence-corrected chi connectivity index (χ3v) is 4.34. The summed E-state index contributed by atoms with van der Waals surface area (Å²) in [6.07, 6.45) is 5.66. The average molecular weight is 298 g/mol. The maximum Gasteiger partial charge on any atom is 0.317 e. The fourth-order valence-corrected chi connectivity index (χ4v) is 2.94. The first-order chi connectivity index (χ1) is 9.75. The molecule has 0 spiro atoms. The minimum Gasteiger partial charge on any atom is -0.481 e. The Hall–Kier alpha value is -1.26. The van der Waals surface area contributed by atoms with Crippen LogP contribution >= 0.6 is 0 Å². The summed E-state index contributed by atoms with van der Waals surface area (Å²) in [5, 5.41) is 12.0. The molecule has 1 aliphatic rings. The summed E-state index contributed by atoms with van der Waals surface area (Å²) in [5.41, 5.74) is -0.278. The molecule has 21 heavy (non-hydrogen) atoms. The Morgan fingerprint density at radius 1 is 1.24 bits per heavy atom. The van der Waals surface area contributed by atoms with Gasteiger partial charge in [-0.05, 0) is 25.2 Å². The minimum absolute atomic E-state index is 0.0442. The van der Waals surface area contributed by atoms with E-state index in [0.717, 1.165) is 12.8 Å². The van der Waals surface area contributed by atoms with Gasteiger partial charge in [0.25, 0.3) is 0 Å². The molecule has 1 saturated carbocycles. The Labute approximate surface area is 128 Å². The Morgan fingerprint density at radius 2 is 1.81 bits per heavy atom. The lowest BCUT2D eigenvalue weighted by atomic mass is 9.85. The quantitative estimate of drug-likeness (QED) is 0.818. The summed E-state index contributed by atoms with van der Waals surface area (Å²) in [7, 11) is 0. The molecule has 0 aliphatic heterocycles. The largest absolute Gasteiger partial charge is 0.481 e. The molecule has 1 fully saturated rings. The summed E-state index contributed by atoms with van der Waals surface area (Å²) in [6.45, 7) is 8.52. The number of carboxylic acids is 1. The molecule has 0 heterocycles. The molecule has 0 aromatic rings. The second kappa shape index (κ2) is 7.66. The Balaban J connectivity index is 2.71. The molecule has 2 amide bonds. The zero-order chi connectivity index (χ0) is 16.0. The normalized spacial score (nSPS) is 18.1. The van der Waals surface area contributed by atoms with E-state index in [0.29, 0.717) is 12.6 Å². The summed E-state index contributed by atoms with van der Waals surface area (Å²) < 4.78 is 0. The van der Waals surface area contributed by atoms with E-state index in [1.807, 2.05) is 32.6 Å². The van der Waals surface area contributed by atoms with Crippen LogP contribution in [0.5, 0.6) is 0 Å². The SMILES string of the molecule is CCN(C(=O)NC(CC(=O)O)C(C)(C)C)C1CCCCC1. The zero-order valence-corrected chi connectivity index (χ0v) is 13.8. The molecule has 5 heteroatoms. The van der Waals surface area contributed by atoms with Crippen molar-refractivity contribution in [3.05, 3.63) is 0 Å². The molecule has 0 bridgehead atoms. The van der Waals surface area contributed by atoms with Crippen LogP contribution in [-0.4, -0.2) is 40.6 Å². The van der Waals surface area contributed by atoms with Crippen molar-refractivity contribution in [2.75, 3.05) is 6.54 Å². The van der Waals surface area contributed by atoms with Crippen molar-refractivity contribution < 1.29 is 14.7 Å². The van der Waals surface area contributed by atoms with E-state index < -0.39 is 5.97 Å². The lowest BCUT2D eigenvalue weighted by Gasteiger charge is -2.37. The van der Waals surface area contributed by atoms with Crippen molar-refractivity contribution in [3.63, 3.8) is 0 Å². The number of carbonyl (C=O) groups is 2. The highest BCUT2D eigenvalue weighted by molar-refractivity contribution is 5.76. The molecule has 0 radical (unpaired) electrons. The highest BCUT2D eigenvalue weighted by Gasteiger charge is 2.31. The van der Waals surface area contributed by atoms with Crippen LogP contribution in [0.4, 0.5) is 4.79 Å². The van der Waals surface area contributed by atoms with Crippen LogP contribution in [0, 0.1) is 5.41 Å². The van der Waals surface area contributed by atoms with Crippen molar-refractivity contribution in [3.8, 4) is 0 Å². The molecular formula is C16H30N2O3. The number of carboxylic acid groups (broad SMARTS) is 1. The van der Waals surface area contributed by atoms with Crippen LogP contribution in [0.15, 0.2) is 0 Å². The first kappa shape index (κ1) is 17.8. The fourth-order valence-electron chi connectivity index (χ4n) is 2.94. The molecule has 1 unspecified atom stereocenters. The van der Waals surface area contributed by atoms with Gasteiger partial charge in [0.15, 0.2) is 0 Å². The van der Waals surface area contributed by atoms with Gasteiger partial charge >= 0.3 is 12.0 Å². The molecule has 0 aromatic heterocycles. The average Bonchev–Trinajstić information content (AvgIpc) is 2.38. The highest BCUT2D eigenvalue weighted by Crippen LogP contribution is 2.25. The van der Waals surface area contributed by atoms with Crippen LogP contribution < -0.4 is 5.32 Å². The number of aliphatic carboxylic acids is 1. The van der Waals surface area contributed by atoms with Crippen LogP contribution in [0.2, 0.25) is 0 Å². The van der Waals surface area contributed by atoms with E-state index in [4.69, 9.17) is 5.11 Å². The van der Waals surface area contributed by atoms with Crippen molar-refractivity contribution >= 4 is 12.0 Å². The van der Waals surface area contributed by atoms with Gasteiger partial charge in [-0.25, -0.2) is 4.79 Å². The molecule has 0 aromatic carbocycles. The second-order valence-electron chi connectivity index (χ2n) is 7.04. The second-order valence-corrected chi connectivity index (χ2v) is 7.04. The van der Waals surface area contributed by atoms with E-state index in [-0.39, 0.29) is 23.9 Å². The number of nitrogens with zero attached hydrogens (tertiary/aromatic N) is 1. The fraction of sp³-hybridized carbons (Fsp3) is 0.875. The van der Waals surface area contributed by atoms with Gasteiger partial charge < -0.3 is 15.3 Å². The van der Waals surface area contributed by atoms with E-state index in [2.05, 4.69) is 5.32 Å². The maximum absolute atomic E-state index is 12.5. The van der Waals surface area contributed by atoms with Crippen molar-refractivity contribution in [2.45, 2.75) is 78.3 Å². The molecule has 2 N–H and O–H groups in total. The van der Waals surface area contributed by atoms with Gasteiger partial charge in [-0.2, -0.15) is 0 Å². The number of carbonyl (C=O) groups excluding carboxylic acids is 1. The molecule has 122 valence electrons. The van der Waals surface area contributed by atoms with Crippen LogP contribution in [0.25, 0.3) is 0 Å². The van der Waals surface area contributed by atoms with Crippen LogP contribution in [0.3, 0.4) is 0 Å². The number of hydrogen-bond donors (Lipinski definition) is 2. The van der Waals surface area contributed by atoms with Crippen molar-refractivity contribution in [1.82, 2.24) is 10.2 Å². The van der Waals surface area contributed by atoms with Gasteiger partial charge in [0.05, 0.1) is 6.42 Å². The topological polar surface area (TPSA) is 69.6 Å². The van der Waals surface area contributed by atoms with Crippen LogP contribution in [-0.2, 0) is 4.79 Å². The van der Waals surface area contributed by atoms with E-state index in [1.54, 1.807) is 0 Å². The maximum atomic E-state index is 12.5. The lowest BCUT2D eigenvalue weighted by molar-refractivity contribution is -0.138. The summed E-state index contributed by atoms with van der Waals surface area (Å²) in [5.74, 6) is -0.879. The Kier molecular flexibility index (Phi) is 6.49. The smallest absolute Gasteiger partial charge is 0.317 e. The van der Waals surface area contributed by atoms with Gasteiger partial charge in [0.1, 0.15) is 0 Å². The Morgan fingerprint density at radius 3 is 2.24 bits per heavy atom. The minimum atomic E-state index is -0.879. The van der Waals surface area contributed by atoms with Crippen LogP contribution in [0.1, 0.15) is 66.2 Å². The molecular weight excluding hydrogens is 268 g/mol. The number of rotatable bonds is 5. The lowest BCUT2D eigenvalue weighted by Crippen LogP contribution is -2.53. The van der Waals surface area contributed by atoms with Gasteiger partial charge in [-0.15, -0.1) is 0 Å². The monoisotopic (exact) mass is 298 g/mol. The number of amides is 2. The number of nitrogens with one attached hydrogen (secondary N) is 1. The molecule has 0 saturated heterocycles. The summed E-state index contributed by atoms with van der Waals surface area (Å²) in [6, 6.07) is -0.181. The standard InChI is InChI=1S/C16H30N2O3/c1-5-18(12-9-7-6-8-10-12)15(21)17-13(11-14(19)20)16(2,3)4/h12-13H,5-11H2,1-4H3,(H,17,21)(H,19,20). The third-order valence-electron chi connectivity index (χ3n) is 4.34. The first-order valence-corrected chi connectivity index (χ1v) is 8.04. The number of urea groups is 1. The summed E-state index contributed by atoms with van der Waals surface area (Å²) >= 11 is 0. The molecule has 1 atom stereocenters. The third kappa shape index (κ3) is 5.56. The van der Waals surface area contributed by atoms with Crippen molar-refractivity contribution in [1.29, 1.82) is 0 Å². The van der Waals surface area contributed by atoms with E-state index in [1.165, 1.54) is 19.3 Å².